The number of piperidine rings is 1. The largest absolute Gasteiger partial charge is 0.459 e. The Hall–Kier alpha value is -5.79. The van der Waals surface area contributed by atoms with Crippen LogP contribution in [-0.4, -0.2) is 180 Å². The number of piperazine rings is 1. The lowest BCUT2D eigenvalue weighted by atomic mass is 9.80. The van der Waals surface area contributed by atoms with Crippen molar-refractivity contribution in [3.8, 4) is 23.5 Å². The van der Waals surface area contributed by atoms with Crippen LogP contribution in [0.15, 0.2) is 84.3 Å². The second-order valence-corrected chi connectivity index (χ2v) is 25.0. The number of allylic oxidation sites excluding steroid dienone is 6. The minimum absolute atomic E-state index is 0.00490. The van der Waals surface area contributed by atoms with Crippen molar-refractivity contribution < 1.29 is 62.6 Å². The first-order valence-electron chi connectivity index (χ1n) is 31.4. The molecule has 1 aliphatic carbocycles. The van der Waals surface area contributed by atoms with Gasteiger partial charge in [-0.1, -0.05) is 88.3 Å². The van der Waals surface area contributed by atoms with E-state index in [0.29, 0.717) is 88.9 Å². The fraction of sp³-hybridized carbons (Fsp3) is 0.632. The average molecular weight is 1210 g/mol. The van der Waals surface area contributed by atoms with E-state index >= 15 is 0 Å². The maximum Gasteiger partial charge on any atom is 0.329 e. The number of Topliss-reactive ketones (excluding diaryl/α,β-unsaturated/α-hetero) is 3. The Balaban J connectivity index is 1.08. The number of benzene rings is 1. The molecular weight excluding hydrogens is 1110 g/mol. The van der Waals surface area contributed by atoms with E-state index in [1.54, 1.807) is 41.1 Å². The molecule has 4 fully saturated rings. The smallest absolute Gasteiger partial charge is 0.329 e. The molecule has 4 N–H and O–H groups in total. The van der Waals surface area contributed by atoms with E-state index in [1.165, 1.54) is 12.0 Å². The maximum absolute atomic E-state index is 14.7. The second-order valence-electron chi connectivity index (χ2n) is 25.0. The number of aliphatic hydroxyl groups excluding tert-OH is 1. The summed E-state index contributed by atoms with van der Waals surface area (Å²) in [5.41, 5.74) is 11.2. The molecule has 1 aromatic carbocycles. The highest BCUT2D eigenvalue weighted by molar-refractivity contribution is 6.39. The standard InChI is InChI=1S/C68H96N6O13/c1-11-27-72-29-31-73(32-30-72)67-70-40-52(41-71-67)51-21-17-20-50(35-51)42-85-57-26-24-49(37-60(57)83-9)36-54(69)59-39-56(75)45(4)34-47(6)62(77)63(84-10)61(76)46(5)33-43(2)18-13-12-14-19-44(3)58(82-8)38-53-25-23-48(7)68(81,87-53)64(78)65(79)74-28-16-15-22-55(74)66(80)86-59/h1,12-14,17-21,34-35,40-41,43,45-46,48-49,53-55,57-60,62-63,77,81H,15-16,22-33,36-39,42,69H2,2-10H3/b14-12+,18-13+,44-19+,47-34+/t43-,45-,46-,48-,49+,53+,54-,55+,57-,58+,59+,60-,62-,63+,68-/m1/s1. The molecule has 19 nitrogen and oxygen atoms in total. The fourth-order valence-electron chi connectivity index (χ4n) is 13.0. The molecule has 1 saturated carbocycles. The van der Waals surface area contributed by atoms with Crippen molar-refractivity contribution in [3.05, 3.63) is 89.8 Å². The van der Waals surface area contributed by atoms with Gasteiger partial charge < -0.3 is 54.2 Å². The van der Waals surface area contributed by atoms with Gasteiger partial charge in [-0.05, 0) is 118 Å². The summed E-state index contributed by atoms with van der Waals surface area (Å²) in [6.07, 6.45) is 19.9. The lowest BCUT2D eigenvalue weighted by molar-refractivity contribution is -0.265. The lowest BCUT2D eigenvalue weighted by Crippen LogP contribution is -2.61. The Morgan fingerprint density at radius 1 is 0.839 bits per heavy atom. The lowest BCUT2D eigenvalue weighted by Gasteiger charge is -2.42. The van der Waals surface area contributed by atoms with Crippen molar-refractivity contribution in [1.29, 1.82) is 0 Å². The summed E-state index contributed by atoms with van der Waals surface area (Å²) < 4.78 is 36.7. The van der Waals surface area contributed by atoms with E-state index in [1.807, 2.05) is 81.7 Å². The number of methoxy groups -OCH3 is 3. The number of terminal acetylenes is 1. The number of carbonyl (C=O) groups is 5. The number of aromatic nitrogens is 2. The van der Waals surface area contributed by atoms with Crippen LogP contribution in [0.2, 0.25) is 0 Å². The van der Waals surface area contributed by atoms with Crippen LogP contribution in [0, 0.1) is 41.9 Å². The van der Waals surface area contributed by atoms with E-state index in [9.17, 15) is 34.2 Å². The molecule has 0 radical (unpaired) electrons. The summed E-state index contributed by atoms with van der Waals surface area (Å²) in [4.78, 5) is 86.9. The Morgan fingerprint density at radius 2 is 1.59 bits per heavy atom. The molecule has 15 atom stereocenters. The summed E-state index contributed by atoms with van der Waals surface area (Å²) >= 11 is 0. The number of carbonyl (C=O) groups excluding carboxylic acids is 5. The minimum Gasteiger partial charge on any atom is -0.459 e. The third-order valence-electron chi connectivity index (χ3n) is 18.5. The summed E-state index contributed by atoms with van der Waals surface area (Å²) in [5, 5.41) is 23.7. The first-order valence-corrected chi connectivity index (χ1v) is 31.4. The average Bonchev–Trinajstić information content (AvgIpc) is 1.35. The first kappa shape index (κ1) is 68.7. The molecule has 0 spiro atoms. The molecule has 2 bridgehead atoms. The maximum atomic E-state index is 14.7. The van der Waals surface area contributed by atoms with Crippen LogP contribution >= 0.6 is 0 Å². The Morgan fingerprint density at radius 3 is 2.29 bits per heavy atom. The number of aliphatic hydroxyl groups is 2. The minimum atomic E-state index is -2.47. The molecule has 5 aliphatic rings. The molecule has 2 aromatic rings. The number of anilines is 1. The van der Waals surface area contributed by atoms with E-state index < -0.39 is 83.8 Å². The molecule has 4 aliphatic heterocycles. The molecule has 476 valence electrons. The quantitative estimate of drug-likeness (QED) is 0.0816. The number of hydrogen-bond donors (Lipinski definition) is 3. The van der Waals surface area contributed by atoms with Crippen molar-refractivity contribution >= 4 is 35.2 Å². The van der Waals surface area contributed by atoms with Crippen molar-refractivity contribution in [3.63, 3.8) is 0 Å². The highest BCUT2D eigenvalue weighted by Crippen LogP contribution is 2.38. The van der Waals surface area contributed by atoms with Crippen molar-refractivity contribution in [2.75, 3.05) is 65.5 Å². The van der Waals surface area contributed by atoms with Gasteiger partial charge in [0.2, 0.25) is 11.7 Å². The van der Waals surface area contributed by atoms with Gasteiger partial charge in [-0.2, -0.15) is 0 Å². The van der Waals surface area contributed by atoms with E-state index in [2.05, 4.69) is 21.8 Å². The predicted octanol–water partition coefficient (Wildman–Crippen LogP) is 7.31. The summed E-state index contributed by atoms with van der Waals surface area (Å²) in [6.45, 7) is 15.1. The van der Waals surface area contributed by atoms with Crippen LogP contribution in [0.1, 0.15) is 124 Å². The normalized spacial score (nSPS) is 34.3. The van der Waals surface area contributed by atoms with Crippen LogP contribution in [0.3, 0.4) is 0 Å². The SMILES string of the molecule is C#CCN1CCN(c2ncc(-c3cccc(CO[C@@H]4CC[C@@H](C[C@@H](N)[C@@H]5CC(=O)[C@H](C)/C=C(\C)[C@@H](O)[C@@H](OC)C(=O)[C@H](C)C[C@H](C)/C=C/C=C/C=C(\C)[C@@H](OC)C[C@@H]6CC[C@@H](C)[C@@](O)(O6)C(=O)C(=O)N6CCCC[C@H]6C(=O)O5)C[C@H]4OC)c3)cn2)CC1. The van der Waals surface area contributed by atoms with Gasteiger partial charge in [0.25, 0.3) is 11.7 Å². The Kier molecular flexibility index (Phi) is 25.8. The number of ketones is 3. The van der Waals surface area contributed by atoms with Crippen LogP contribution in [0.4, 0.5) is 5.95 Å². The first-order chi connectivity index (χ1) is 41.7. The number of hydrogen-bond acceptors (Lipinski definition) is 18. The molecule has 7 rings (SSSR count). The van der Waals surface area contributed by atoms with Crippen LogP contribution in [0.5, 0.6) is 0 Å². The molecule has 1 aromatic heterocycles. The number of esters is 1. The van der Waals surface area contributed by atoms with Crippen LogP contribution < -0.4 is 10.6 Å². The second kappa shape index (κ2) is 32.6. The molecule has 87 heavy (non-hydrogen) atoms. The molecule has 5 heterocycles. The summed E-state index contributed by atoms with van der Waals surface area (Å²) in [5.74, 6) is -4.79. The number of nitrogens with zero attached hydrogens (tertiary/aromatic N) is 5. The fourth-order valence-corrected chi connectivity index (χ4v) is 13.0. The van der Waals surface area contributed by atoms with Gasteiger partial charge in [0.05, 0.1) is 37.6 Å². The Labute approximate surface area is 515 Å². The monoisotopic (exact) mass is 1200 g/mol. The highest BCUT2D eigenvalue weighted by Gasteiger charge is 2.53. The highest BCUT2D eigenvalue weighted by atomic mass is 16.6. The zero-order chi connectivity index (χ0) is 63.0. The van der Waals surface area contributed by atoms with Gasteiger partial charge in [0.1, 0.15) is 30.1 Å². The van der Waals surface area contributed by atoms with Crippen molar-refractivity contribution in [2.45, 2.75) is 186 Å². The number of rotatable bonds is 12. The number of amides is 1. The van der Waals surface area contributed by atoms with Gasteiger partial charge in [0, 0.05) is 109 Å². The van der Waals surface area contributed by atoms with Gasteiger partial charge in [-0.15, -0.1) is 6.42 Å². The van der Waals surface area contributed by atoms with E-state index in [4.69, 9.17) is 50.5 Å². The molecule has 0 unspecified atom stereocenters. The van der Waals surface area contributed by atoms with Gasteiger partial charge in [-0.3, -0.25) is 24.1 Å². The third-order valence-corrected chi connectivity index (χ3v) is 18.5. The van der Waals surface area contributed by atoms with Crippen LogP contribution in [0.25, 0.3) is 11.1 Å². The topological polar surface area (TPSA) is 243 Å². The summed E-state index contributed by atoms with van der Waals surface area (Å²) in [7, 11) is 4.60. The van der Waals surface area contributed by atoms with Gasteiger partial charge in [-0.25, -0.2) is 14.8 Å². The van der Waals surface area contributed by atoms with E-state index in [-0.39, 0.29) is 55.0 Å². The molecule has 19 heteroatoms. The Bertz CT molecular complexity index is 2810. The third kappa shape index (κ3) is 18.2. The zero-order valence-corrected chi connectivity index (χ0v) is 52.7. The number of ether oxygens (including phenoxy) is 6. The van der Waals surface area contributed by atoms with Crippen molar-refractivity contribution in [2.24, 2.45) is 35.3 Å². The molecule has 3 saturated heterocycles. The number of cyclic esters (lactones) is 1. The van der Waals surface area contributed by atoms with Crippen molar-refractivity contribution in [1.82, 2.24) is 19.8 Å². The number of nitrogens with two attached hydrogens (primary N) is 1. The predicted molar refractivity (Wildman–Crippen MR) is 331 cm³/mol. The number of fused-ring (bicyclic) bond motifs is 3. The van der Waals surface area contributed by atoms with Crippen LogP contribution in [-0.2, 0) is 59.0 Å². The van der Waals surface area contributed by atoms with E-state index in [0.717, 1.165) is 48.4 Å². The van der Waals surface area contributed by atoms with Gasteiger partial charge in [0.15, 0.2) is 5.78 Å². The summed E-state index contributed by atoms with van der Waals surface area (Å²) in [6, 6.07) is 6.03. The van der Waals surface area contributed by atoms with Gasteiger partial charge >= 0.3 is 5.97 Å². The molecular formula is C68H96N6O13. The molecule has 1 amide bonds. The zero-order valence-electron chi connectivity index (χ0n) is 52.7.